The molecule has 5 atom stereocenters. The van der Waals surface area contributed by atoms with E-state index in [9.17, 15) is 24.0 Å². The zero-order chi connectivity index (χ0) is 23.6. The number of hydrogen-bond donors (Lipinski definition) is 6. The Hall–Kier alpha value is -2.69. The Kier molecular flexibility index (Phi) is 11.6. The minimum absolute atomic E-state index is 0.0100. The number of carbonyl (C=O) groups excluding carboxylic acids is 4. The van der Waals surface area contributed by atoms with Crippen molar-refractivity contribution in [2.24, 2.45) is 23.3 Å². The first-order chi connectivity index (χ1) is 13.8. The molecule has 172 valence electrons. The highest BCUT2D eigenvalue weighted by Crippen LogP contribution is 2.08. The fourth-order valence-corrected chi connectivity index (χ4v) is 2.54. The average molecular weight is 430 g/mol. The molecule has 0 spiro atoms. The van der Waals surface area contributed by atoms with E-state index in [0.29, 0.717) is 6.42 Å². The lowest BCUT2D eigenvalue weighted by Crippen LogP contribution is -2.58. The molecule has 0 aliphatic rings. The molecule has 0 aromatic heterocycles. The highest BCUT2D eigenvalue weighted by atomic mass is 16.4. The van der Waals surface area contributed by atoms with Gasteiger partial charge in [-0.2, -0.15) is 0 Å². The van der Waals surface area contributed by atoms with Crippen molar-refractivity contribution in [1.29, 1.82) is 0 Å². The van der Waals surface area contributed by atoms with Crippen molar-refractivity contribution < 1.29 is 29.1 Å². The van der Waals surface area contributed by atoms with Gasteiger partial charge in [-0.1, -0.05) is 34.1 Å². The van der Waals surface area contributed by atoms with Crippen LogP contribution in [-0.4, -0.2) is 58.9 Å². The smallest absolute Gasteiger partial charge is 0.325 e. The molecule has 0 heterocycles. The second kappa shape index (κ2) is 12.8. The average Bonchev–Trinajstić information content (AvgIpc) is 2.64. The predicted octanol–water partition coefficient (Wildman–Crippen LogP) is -1.16. The third kappa shape index (κ3) is 9.68. The minimum atomic E-state index is -1.32. The van der Waals surface area contributed by atoms with Gasteiger partial charge in [0.2, 0.25) is 23.6 Å². The predicted molar refractivity (Wildman–Crippen MR) is 110 cm³/mol. The summed E-state index contributed by atoms with van der Waals surface area (Å²) in [5, 5.41) is 16.2. The van der Waals surface area contributed by atoms with Crippen LogP contribution in [0.15, 0.2) is 0 Å². The van der Waals surface area contributed by atoms with Crippen LogP contribution in [0.25, 0.3) is 0 Å². The Morgan fingerprint density at radius 2 is 1.37 bits per heavy atom. The van der Waals surface area contributed by atoms with Gasteiger partial charge in [0.1, 0.15) is 18.1 Å². The summed E-state index contributed by atoms with van der Waals surface area (Å²) in [6.45, 7) is 8.57. The molecule has 5 unspecified atom stereocenters. The molecule has 0 aliphatic carbocycles. The number of rotatable bonds is 13. The maximum absolute atomic E-state index is 12.7. The van der Waals surface area contributed by atoms with Crippen molar-refractivity contribution in [3.05, 3.63) is 0 Å². The van der Waals surface area contributed by atoms with Gasteiger partial charge in [-0.25, -0.2) is 0 Å². The van der Waals surface area contributed by atoms with Gasteiger partial charge in [0.25, 0.3) is 0 Å². The standard InChI is InChI=1S/C19H35N5O6/c1-6-10(4)15(21)18(28)24-13(8-14(20)25)17(27)23-12(7-9(2)3)16(26)22-11(5)19(29)30/h9-13,15H,6-8,21H2,1-5H3,(H2,20,25)(H,22,26)(H,23,27)(H,24,28)(H,29,30). The molecule has 0 radical (unpaired) electrons. The van der Waals surface area contributed by atoms with E-state index in [1.807, 2.05) is 20.8 Å². The molecule has 0 rings (SSSR count). The van der Waals surface area contributed by atoms with E-state index in [1.165, 1.54) is 6.92 Å². The third-order valence-electron chi connectivity index (χ3n) is 4.67. The maximum atomic E-state index is 12.7. The van der Waals surface area contributed by atoms with E-state index in [2.05, 4.69) is 16.0 Å². The Labute approximate surface area is 176 Å². The van der Waals surface area contributed by atoms with Crippen LogP contribution in [0.1, 0.15) is 53.9 Å². The van der Waals surface area contributed by atoms with E-state index in [0.717, 1.165) is 0 Å². The summed E-state index contributed by atoms with van der Waals surface area (Å²) in [6.07, 6.45) is 0.375. The molecule has 0 saturated carbocycles. The largest absolute Gasteiger partial charge is 0.480 e. The number of carboxylic acid groups (broad SMARTS) is 1. The lowest BCUT2D eigenvalue weighted by molar-refractivity contribution is -0.142. The van der Waals surface area contributed by atoms with Crippen molar-refractivity contribution in [2.45, 2.75) is 78.0 Å². The number of nitrogens with two attached hydrogens (primary N) is 2. The molecule has 11 nitrogen and oxygen atoms in total. The van der Waals surface area contributed by atoms with Crippen LogP contribution in [0.4, 0.5) is 0 Å². The number of carbonyl (C=O) groups is 5. The van der Waals surface area contributed by atoms with Crippen LogP contribution < -0.4 is 27.4 Å². The van der Waals surface area contributed by atoms with Gasteiger partial charge in [0.15, 0.2) is 0 Å². The summed E-state index contributed by atoms with van der Waals surface area (Å²) < 4.78 is 0. The van der Waals surface area contributed by atoms with E-state index in [-0.39, 0.29) is 18.3 Å². The molecule has 4 amide bonds. The van der Waals surface area contributed by atoms with Crippen LogP contribution in [0, 0.1) is 11.8 Å². The van der Waals surface area contributed by atoms with Gasteiger partial charge in [0.05, 0.1) is 12.5 Å². The molecule has 0 aliphatic heterocycles. The van der Waals surface area contributed by atoms with E-state index >= 15 is 0 Å². The summed E-state index contributed by atoms with van der Waals surface area (Å²) in [7, 11) is 0. The molecule has 11 heteroatoms. The summed E-state index contributed by atoms with van der Waals surface area (Å²) in [4.78, 5) is 59.9. The zero-order valence-electron chi connectivity index (χ0n) is 18.2. The van der Waals surface area contributed by atoms with E-state index < -0.39 is 60.2 Å². The molecule has 30 heavy (non-hydrogen) atoms. The number of carboxylic acids is 1. The van der Waals surface area contributed by atoms with E-state index in [4.69, 9.17) is 16.6 Å². The molecular formula is C19H35N5O6. The summed E-state index contributed by atoms with van der Waals surface area (Å²) in [5.74, 6) is -4.30. The number of aliphatic carboxylic acids is 1. The first-order valence-corrected chi connectivity index (χ1v) is 9.97. The molecule has 8 N–H and O–H groups in total. The van der Waals surface area contributed by atoms with E-state index in [1.54, 1.807) is 6.92 Å². The Balaban J connectivity index is 5.41. The number of primary amides is 1. The van der Waals surface area contributed by atoms with Crippen LogP contribution in [-0.2, 0) is 24.0 Å². The molecule has 0 aromatic carbocycles. The van der Waals surface area contributed by atoms with Crippen molar-refractivity contribution in [3.8, 4) is 0 Å². The topological polar surface area (TPSA) is 194 Å². The zero-order valence-corrected chi connectivity index (χ0v) is 18.2. The van der Waals surface area contributed by atoms with Crippen LogP contribution >= 0.6 is 0 Å². The first kappa shape index (κ1) is 27.3. The second-order valence-electron chi connectivity index (χ2n) is 7.90. The normalized spacial score (nSPS) is 16.0. The third-order valence-corrected chi connectivity index (χ3v) is 4.67. The van der Waals surface area contributed by atoms with Crippen molar-refractivity contribution >= 4 is 29.6 Å². The van der Waals surface area contributed by atoms with Crippen LogP contribution in [0.3, 0.4) is 0 Å². The van der Waals surface area contributed by atoms with Crippen molar-refractivity contribution in [1.82, 2.24) is 16.0 Å². The fraction of sp³-hybridized carbons (Fsp3) is 0.737. The SMILES string of the molecule is CCC(C)C(N)C(=O)NC(CC(N)=O)C(=O)NC(CC(C)C)C(=O)NC(C)C(=O)O. The fourth-order valence-electron chi connectivity index (χ4n) is 2.54. The minimum Gasteiger partial charge on any atom is -0.480 e. The first-order valence-electron chi connectivity index (χ1n) is 9.97. The Bertz CT molecular complexity index is 639. The molecule has 0 aromatic rings. The van der Waals surface area contributed by atoms with Crippen molar-refractivity contribution in [3.63, 3.8) is 0 Å². The Morgan fingerprint density at radius 1 is 0.867 bits per heavy atom. The number of nitrogens with one attached hydrogen (secondary N) is 3. The number of amides is 4. The van der Waals surface area contributed by atoms with Gasteiger partial charge in [-0.3, -0.25) is 24.0 Å². The van der Waals surface area contributed by atoms with Crippen LogP contribution in [0.2, 0.25) is 0 Å². The van der Waals surface area contributed by atoms with Crippen LogP contribution in [0.5, 0.6) is 0 Å². The second-order valence-corrected chi connectivity index (χ2v) is 7.90. The lowest BCUT2D eigenvalue weighted by atomic mass is 9.98. The number of hydrogen-bond acceptors (Lipinski definition) is 6. The van der Waals surface area contributed by atoms with Gasteiger partial charge >= 0.3 is 5.97 Å². The molecule has 0 saturated heterocycles. The highest BCUT2D eigenvalue weighted by Gasteiger charge is 2.31. The van der Waals surface area contributed by atoms with Gasteiger partial charge in [-0.05, 0) is 25.2 Å². The molecule has 0 fully saturated rings. The molecule has 0 bridgehead atoms. The summed E-state index contributed by atoms with van der Waals surface area (Å²) in [6, 6.07) is -4.41. The van der Waals surface area contributed by atoms with Gasteiger partial charge in [0, 0.05) is 0 Å². The van der Waals surface area contributed by atoms with Crippen molar-refractivity contribution in [2.75, 3.05) is 0 Å². The maximum Gasteiger partial charge on any atom is 0.325 e. The van der Waals surface area contributed by atoms with Gasteiger partial charge in [-0.15, -0.1) is 0 Å². The monoisotopic (exact) mass is 429 g/mol. The summed E-state index contributed by atoms with van der Waals surface area (Å²) in [5.41, 5.74) is 11.1. The lowest BCUT2D eigenvalue weighted by Gasteiger charge is -2.26. The Morgan fingerprint density at radius 3 is 1.80 bits per heavy atom. The van der Waals surface area contributed by atoms with Gasteiger partial charge < -0.3 is 32.5 Å². The highest BCUT2D eigenvalue weighted by molar-refractivity contribution is 5.96. The summed E-state index contributed by atoms with van der Waals surface area (Å²) >= 11 is 0. The quantitative estimate of drug-likeness (QED) is 0.212. The molecular weight excluding hydrogens is 394 g/mol.